The Morgan fingerprint density at radius 1 is 1.10 bits per heavy atom. The number of alkyl halides is 3. The molecule has 0 aromatic carbocycles. The Morgan fingerprint density at radius 3 is 2.30 bits per heavy atom. The van der Waals surface area contributed by atoms with E-state index in [0.29, 0.717) is 44.0 Å². The first-order chi connectivity index (χ1) is 18.7. The minimum absolute atomic E-state index is 0.0340. The number of nitrogens with zero attached hydrogens (tertiary/aromatic N) is 3. The van der Waals surface area contributed by atoms with Crippen LogP contribution in [0.2, 0.25) is 0 Å². The van der Waals surface area contributed by atoms with E-state index in [9.17, 15) is 30.0 Å². The Labute approximate surface area is 233 Å². The number of hydrogen-bond donors (Lipinski definition) is 2. The quantitative estimate of drug-likeness (QED) is 0.469. The number of aromatic nitrogens is 1. The summed E-state index contributed by atoms with van der Waals surface area (Å²) in [4.78, 5) is 13.2. The molecule has 1 saturated carbocycles. The Morgan fingerprint density at radius 2 is 1.73 bits per heavy atom. The number of carboxylic acids is 1. The highest BCUT2D eigenvalue weighted by Gasteiger charge is 2.41. The number of sulfone groups is 1. The van der Waals surface area contributed by atoms with Crippen LogP contribution in [0, 0.1) is 17.8 Å². The summed E-state index contributed by atoms with van der Waals surface area (Å²) in [5, 5.41) is 7.12. The minimum Gasteiger partial charge on any atom is -0.477 e. The van der Waals surface area contributed by atoms with E-state index in [1.54, 1.807) is 10.5 Å². The van der Waals surface area contributed by atoms with E-state index >= 15 is 0 Å². The zero-order chi connectivity index (χ0) is 29.6. The van der Waals surface area contributed by atoms with Crippen LogP contribution < -0.4 is 10.5 Å². The Balaban J connectivity index is 0.000000559. The van der Waals surface area contributed by atoms with Crippen molar-refractivity contribution >= 4 is 26.0 Å². The zero-order valence-corrected chi connectivity index (χ0v) is 23.8. The number of piperidine rings is 1. The molecule has 16 heteroatoms. The van der Waals surface area contributed by atoms with E-state index < -0.39 is 32.2 Å². The highest BCUT2D eigenvalue weighted by Crippen LogP contribution is 2.38. The van der Waals surface area contributed by atoms with Gasteiger partial charge in [0.2, 0.25) is 5.88 Å². The second-order valence-electron chi connectivity index (χ2n) is 10.5. The van der Waals surface area contributed by atoms with Crippen LogP contribution in [-0.2, 0) is 31.4 Å². The minimum atomic E-state index is -5.08. The summed E-state index contributed by atoms with van der Waals surface area (Å²) in [5.41, 5.74) is 6.65. The molecule has 3 aliphatic rings. The van der Waals surface area contributed by atoms with Crippen LogP contribution in [0.5, 0.6) is 5.88 Å². The van der Waals surface area contributed by atoms with E-state index in [0.717, 1.165) is 24.8 Å². The number of hydrogen-bond acceptors (Lipinski definition) is 8. The van der Waals surface area contributed by atoms with Gasteiger partial charge in [0.15, 0.2) is 9.84 Å². The zero-order valence-electron chi connectivity index (χ0n) is 22.1. The van der Waals surface area contributed by atoms with Gasteiger partial charge in [0, 0.05) is 50.9 Å². The fraction of sp³-hybridized carbons (Fsp3) is 0.750. The molecule has 2 aliphatic heterocycles. The largest absolute Gasteiger partial charge is 0.490 e. The normalized spacial score (nSPS) is 25.0. The molecule has 4 rings (SSSR count). The molecule has 0 unspecified atom stereocenters. The van der Waals surface area contributed by atoms with Crippen LogP contribution in [0.3, 0.4) is 0 Å². The maximum absolute atomic E-state index is 13.5. The fourth-order valence-corrected chi connectivity index (χ4v) is 8.59. The average Bonchev–Trinajstić information content (AvgIpc) is 2.92. The van der Waals surface area contributed by atoms with Crippen molar-refractivity contribution in [1.82, 2.24) is 13.6 Å². The predicted molar refractivity (Wildman–Crippen MR) is 140 cm³/mol. The van der Waals surface area contributed by atoms with Crippen molar-refractivity contribution in [3.8, 4) is 5.88 Å². The van der Waals surface area contributed by atoms with Gasteiger partial charge in [0.1, 0.15) is 0 Å². The van der Waals surface area contributed by atoms with Gasteiger partial charge in [-0.3, -0.25) is 0 Å². The van der Waals surface area contributed by atoms with E-state index in [1.165, 1.54) is 23.6 Å². The number of rotatable bonds is 7. The van der Waals surface area contributed by atoms with Crippen molar-refractivity contribution in [3.05, 3.63) is 23.9 Å². The predicted octanol–water partition coefficient (Wildman–Crippen LogP) is 2.05. The van der Waals surface area contributed by atoms with Crippen molar-refractivity contribution in [1.29, 1.82) is 0 Å². The number of halogens is 3. The first kappa shape index (κ1) is 32.5. The molecule has 40 heavy (non-hydrogen) atoms. The molecule has 1 aliphatic carbocycles. The summed E-state index contributed by atoms with van der Waals surface area (Å²) < 4.78 is 91.2. The van der Waals surface area contributed by atoms with Gasteiger partial charge in [-0.15, -0.1) is 0 Å². The Hall–Kier alpha value is -2.01. The molecule has 0 spiro atoms. The summed E-state index contributed by atoms with van der Waals surface area (Å²) in [5.74, 6) is -1.60. The summed E-state index contributed by atoms with van der Waals surface area (Å²) in [6.45, 7) is 1.76. The van der Waals surface area contributed by atoms with Gasteiger partial charge >= 0.3 is 12.1 Å². The van der Waals surface area contributed by atoms with Gasteiger partial charge in [-0.2, -0.15) is 30.2 Å². The maximum Gasteiger partial charge on any atom is 0.490 e. The van der Waals surface area contributed by atoms with Gasteiger partial charge < -0.3 is 15.6 Å². The van der Waals surface area contributed by atoms with Crippen molar-refractivity contribution in [3.63, 3.8) is 0 Å². The number of nitrogens with two attached hydrogens (primary N) is 1. The van der Waals surface area contributed by atoms with Crippen molar-refractivity contribution < 1.29 is 44.6 Å². The molecule has 3 N–H and O–H groups in total. The van der Waals surface area contributed by atoms with E-state index in [1.807, 2.05) is 12.1 Å². The third kappa shape index (κ3) is 9.26. The molecule has 11 nitrogen and oxygen atoms in total. The fourth-order valence-electron chi connectivity index (χ4n) is 5.41. The molecule has 0 amide bonds. The average molecular weight is 615 g/mol. The molecule has 0 bridgehead atoms. The van der Waals surface area contributed by atoms with Crippen LogP contribution >= 0.6 is 0 Å². The summed E-state index contributed by atoms with van der Waals surface area (Å²) >= 11 is 0. The lowest BCUT2D eigenvalue weighted by Crippen LogP contribution is -2.55. The van der Waals surface area contributed by atoms with Crippen LogP contribution in [0.4, 0.5) is 13.2 Å². The highest BCUT2D eigenvalue weighted by molar-refractivity contribution is 7.91. The number of aliphatic carboxylic acids is 1. The van der Waals surface area contributed by atoms with Gasteiger partial charge in [-0.1, -0.05) is 32.1 Å². The third-order valence-electron chi connectivity index (χ3n) is 7.55. The maximum atomic E-state index is 13.5. The van der Waals surface area contributed by atoms with Crippen molar-refractivity contribution in [2.75, 3.05) is 44.3 Å². The lowest BCUT2D eigenvalue weighted by atomic mass is 9.75. The van der Waals surface area contributed by atoms with Gasteiger partial charge in [-0.05, 0) is 29.9 Å². The molecule has 3 fully saturated rings. The second kappa shape index (κ2) is 13.8. The summed E-state index contributed by atoms with van der Waals surface area (Å²) in [7, 11) is -6.87. The topological polar surface area (TPSA) is 160 Å². The number of pyridine rings is 1. The molecule has 3 heterocycles. The van der Waals surface area contributed by atoms with Gasteiger partial charge in [0.05, 0.1) is 18.1 Å². The molecule has 0 radical (unpaired) electrons. The molecule has 1 aromatic rings. The van der Waals surface area contributed by atoms with Crippen LogP contribution in [0.15, 0.2) is 18.3 Å². The first-order valence-electron chi connectivity index (χ1n) is 13.2. The highest BCUT2D eigenvalue weighted by atomic mass is 32.2. The standard InChI is InChI=1S/C22H36N4O5S2.C2HF3O2/c23-14-18-6-7-24-22(13-18)31-17-19-12-21(20-4-2-1-3-5-20)16-26(15-19)33(29,30)25-8-10-32(27,28)11-9-25;3-2(4,5)1(6)7/h6-7,13,19-21H,1-5,8-12,14-17,23H2;(H,6,7)/t19-,21-;/m0./s1. The first-order valence-corrected chi connectivity index (χ1v) is 16.5. The molecule has 228 valence electrons. The van der Waals surface area contributed by atoms with Gasteiger partial charge in [-0.25, -0.2) is 18.2 Å². The second-order valence-corrected chi connectivity index (χ2v) is 14.7. The summed E-state index contributed by atoms with van der Waals surface area (Å²) in [6.07, 6.45) is 3.47. The third-order valence-corrected chi connectivity index (χ3v) is 11.1. The van der Waals surface area contributed by atoms with Crippen LogP contribution in [0.25, 0.3) is 0 Å². The molecule has 2 atom stereocenters. The molecule has 2 saturated heterocycles. The summed E-state index contributed by atoms with van der Waals surface area (Å²) in [6, 6.07) is 3.67. The Bertz CT molecular complexity index is 1200. The molecular weight excluding hydrogens is 577 g/mol. The monoisotopic (exact) mass is 614 g/mol. The van der Waals surface area contributed by atoms with Crippen LogP contribution in [0.1, 0.15) is 44.1 Å². The van der Waals surface area contributed by atoms with E-state index in [2.05, 4.69) is 4.98 Å². The van der Waals surface area contributed by atoms with Crippen molar-refractivity contribution in [2.45, 2.75) is 51.2 Å². The van der Waals surface area contributed by atoms with Crippen LogP contribution in [-0.4, -0.2) is 92.0 Å². The van der Waals surface area contributed by atoms with Gasteiger partial charge in [0.25, 0.3) is 10.2 Å². The smallest absolute Gasteiger partial charge is 0.477 e. The molecular formula is C24H37F3N4O7S2. The molecule has 1 aromatic heterocycles. The SMILES string of the molecule is NCc1ccnc(OC[C@H]2C[C@H](C3CCCCC3)CN(S(=O)(=O)N3CCS(=O)(=O)CC3)C2)c1.O=C(O)C(F)(F)F. The lowest BCUT2D eigenvalue weighted by molar-refractivity contribution is -0.192. The number of carbonyl (C=O) groups is 1. The number of carboxylic acid groups (broad SMARTS) is 1. The lowest BCUT2D eigenvalue weighted by Gasteiger charge is -2.43. The van der Waals surface area contributed by atoms with Crippen molar-refractivity contribution in [2.24, 2.45) is 23.5 Å². The van der Waals surface area contributed by atoms with E-state index in [4.69, 9.17) is 20.4 Å². The Kier molecular flexibility index (Phi) is 11.2. The van der Waals surface area contributed by atoms with E-state index in [-0.39, 0.29) is 30.5 Å². The number of ether oxygens (including phenoxy) is 1.